The number of amides is 4. The number of benzene rings is 2. The van der Waals surface area contributed by atoms with Gasteiger partial charge in [0.15, 0.2) is 0 Å². The van der Waals surface area contributed by atoms with Gasteiger partial charge in [0.25, 0.3) is 5.91 Å². The molecule has 0 spiro atoms. The number of aryl methyl sites for hydroxylation is 3. The smallest absolute Gasteiger partial charge is 0.324 e. The summed E-state index contributed by atoms with van der Waals surface area (Å²) in [7, 11) is 0. The van der Waals surface area contributed by atoms with Crippen LogP contribution in [0.25, 0.3) is 0 Å². The average molecular weight is 365 g/mol. The maximum atomic E-state index is 12.8. The van der Waals surface area contributed by atoms with Gasteiger partial charge < -0.3 is 5.32 Å². The third kappa shape index (κ3) is 3.69. The van der Waals surface area contributed by atoms with E-state index in [1.807, 2.05) is 51.1 Å². The second-order valence-corrected chi connectivity index (χ2v) is 6.96. The van der Waals surface area contributed by atoms with E-state index in [9.17, 15) is 14.4 Å². The van der Waals surface area contributed by atoms with Gasteiger partial charge >= 0.3 is 6.03 Å². The first-order valence-electron chi connectivity index (χ1n) is 8.86. The molecule has 3 rings (SSSR count). The summed E-state index contributed by atoms with van der Waals surface area (Å²) in [6.45, 7) is 7.19. The van der Waals surface area contributed by atoms with Crippen LogP contribution in [0.1, 0.15) is 23.6 Å². The molecule has 4 amide bonds. The fraction of sp³-hybridized carbons (Fsp3) is 0.286. The van der Waals surface area contributed by atoms with Gasteiger partial charge in [-0.15, -0.1) is 0 Å². The lowest BCUT2D eigenvalue weighted by Crippen LogP contribution is -2.39. The molecule has 0 unspecified atom stereocenters. The summed E-state index contributed by atoms with van der Waals surface area (Å²) in [4.78, 5) is 40.2. The van der Waals surface area contributed by atoms with Crippen LogP contribution >= 0.6 is 0 Å². The molecule has 0 bridgehead atoms. The fourth-order valence-corrected chi connectivity index (χ4v) is 3.20. The number of imide groups is 1. The number of nitrogens with one attached hydrogen (secondary N) is 1. The number of carbonyl (C=O) groups is 3. The van der Waals surface area contributed by atoms with Crippen molar-refractivity contribution >= 4 is 29.2 Å². The standard InChI is InChI=1S/C21H23N3O3/c1-13-5-8-17(9-6-13)24-16(4)20(26)23(21(24)27)12-19(25)22-18-10-7-14(2)11-15(18)3/h5-11,16H,12H2,1-4H3,(H,22,25)/t16-/m0/s1. The zero-order valence-electron chi connectivity index (χ0n) is 15.9. The maximum Gasteiger partial charge on any atom is 0.332 e. The molecule has 6 nitrogen and oxygen atoms in total. The molecule has 1 saturated heterocycles. The van der Waals surface area contributed by atoms with Crippen molar-refractivity contribution in [1.29, 1.82) is 0 Å². The Morgan fingerprint density at radius 2 is 1.63 bits per heavy atom. The summed E-state index contributed by atoms with van der Waals surface area (Å²) in [5.41, 5.74) is 4.40. The Bertz CT molecular complexity index is 905. The minimum atomic E-state index is -0.644. The lowest BCUT2D eigenvalue weighted by atomic mass is 10.1. The molecular weight excluding hydrogens is 342 g/mol. The van der Waals surface area contributed by atoms with E-state index >= 15 is 0 Å². The van der Waals surface area contributed by atoms with Gasteiger partial charge in [0, 0.05) is 11.4 Å². The first kappa shape index (κ1) is 18.6. The van der Waals surface area contributed by atoms with Crippen LogP contribution in [-0.2, 0) is 9.59 Å². The number of anilines is 2. The van der Waals surface area contributed by atoms with E-state index in [-0.39, 0.29) is 12.5 Å². The summed E-state index contributed by atoms with van der Waals surface area (Å²) < 4.78 is 0. The Hall–Kier alpha value is -3.15. The molecule has 1 N–H and O–H groups in total. The molecule has 0 radical (unpaired) electrons. The molecule has 1 fully saturated rings. The van der Waals surface area contributed by atoms with Crippen LogP contribution in [0.2, 0.25) is 0 Å². The molecule has 0 aromatic heterocycles. The van der Waals surface area contributed by atoms with Crippen LogP contribution in [0.3, 0.4) is 0 Å². The van der Waals surface area contributed by atoms with Crippen LogP contribution in [0.4, 0.5) is 16.2 Å². The van der Waals surface area contributed by atoms with Gasteiger partial charge in [-0.1, -0.05) is 35.4 Å². The maximum absolute atomic E-state index is 12.8. The highest BCUT2D eigenvalue weighted by molar-refractivity contribution is 6.16. The van der Waals surface area contributed by atoms with Gasteiger partial charge in [0.05, 0.1) is 0 Å². The monoisotopic (exact) mass is 365 g/mol. The number of rotatable bonds is 4. The zero-order valence-corrected chi connectivity index (χ0v) is 15.9. The third-order valence-corrected chi connectivity index (χ3v) is 4.72. The normalized spacial score (nSPS) is 16.8. The zero-order chi connectivity index (χ0) is 19.7. The molecule has 1 aliphatic heterocycles. The number of hydrogen-bond donors (Lipinski definition) is 1. The first-order valence-corrected chi connectivity index (χ1v) is 8.86. The summed E-state index contributed by atoms with van der Waals surface area (Å²) in [6, 6.07) is 11.9. The number of nitrogens with zero attached hydrogens (tertiary/aromatic N) is 2. The predicted octanol–water partition coefficient (Wildman–Crippen LogP) is 3.41. The number of hydrogen-bond acceptors (Lipinski definition) is 3. The van der Waals surface area contributed by atoms with E-state index in [4.69, 9.17) is 0 Å². The predicted molar refractivity (Wildman–Crippen MR) is 105 cm³/mol. The van der Waals surface area contributed by atoms with E-state index < -0.39 is 18.0 Å². The Labute approximate surface area is 158 Å². The molecule has 0 saturated carbocycles. The van der Waals surface area contributed by atoms with Gasteiger partial charge in [0.2, 0.25) is 5.91 Å². The minimum absolute atomic E-state index is 0.308. The van der Waals surface area contributed by atoms with Crippen molar-refractivity contribution in [2.75, 3.05) is 16.8 Å². The van der Waals surface area contributed by atoms with Gasteiger partial charge in [-0.3, -0.25) is 19.4 Å². The fourth-order valence-electron chi connectivity index (χ4n) is 3.20. The largest absolute Gasteiger partial charge is 0.332 e. The molecule has 2 aromatic rings. The molecule has 6 heteroatoms. The highest BCUT2D eigenvalue weighted by Gasteiger charge is 2.44. The molecule has 0 aliphatic carbocycles. The lowest BCUT2D eigenvalue weighted by molar-refractivity contribution is -0.130. The van der Waals surface area contributed by atoms with Gasteiger partial charge in [-0.2, -0.15) is 0 Å². The van der Waals surface area contributed by atoms with Crippen molar-refractivity contribution in [2.24, 2.45) is 0 Å². The van der Waals surface area contributed by atoms with Gasteiger partial charge in [0.1, 0.15) is 12.6 Å². The Morgan fingerprint density at radius 1 is 1.00 bits per heavy atom. The first-order chi connectivity index (χ1) is 12.8. The Morgan fingerprint density at radius 3 is 2.26 bits per heavy atom. The van der Waals surface area contributed by atoms with Gasteiger partial charge in [-0.25, -0.2) is 4.79 Å². The Kier molecular flexibility index (Phi) is 4.99. The van der Waals surface area contributed by atoms with E-state index in [2.05, 4.69) is 5.32 Å². The SMILES string of the molecule is Cc1ccc(N2C(=O)N(CC(=O)Nc3ccc(C)cc3C)C(=O)[C@@H]2C)cc1. The van der Waals surface area contributed by atoms with Crippen LogP contribution in [0.5, 0.6) is 0 Å². The van der Waals surface area contributed by atoms with Crippen LogP contribution < -0.4 is 10.2 Å². The average Bonchev–Trinajstić information content (AvgIpc) is 2.82. The molecule has 1 aliphatic rings. The second kappa shape index (κ2) is 7.23. The van der Waals surface area contributed by atoms with Crippen LogP contribution in [0.15, 0.2) is 42.5 Å². The lowest BCUT2D eigenvalue weighted by Gasteiger charge is -2.19. The van der Waals surface area contributed by atoms with Crippen molar-refractivity contribution in [2.45, 2.75) is 33.7 Å². The molecule has 1 heterocycles. The molecule has 2 aromatic carbocycles. The van der Waals surface area contributed by atoms with Crippen molar-refractivity contribution < 1.29 is 14.4 Å². The molecule has 27 heavy (non-hydrogen) atoms. The summed E-state index contributed by atoms with van der Waals surface area (Å²) in [5, 5.41) is 2.78. The van der Waals surface area contributed by atoms with Crippen LogP contribution in [0, 0.1) is 20.8 Å². The summed E-state index contributed by atoms with van der Waals surface area (Å²) in [6.07, 6.45) is 0. The highest BCUT2D eigenvalue weighted by atomic mass is 16.2. The molecule has 140 valence electrons. The summed E-state index contributed by atoms with van der Waals surface area (Å²) in [5.74, 6) is -0.780. The van der Waals surface area contributed by atoms with Crippen molar-refractivity contribution in [3.05, 3.63) is 59.2 Å². The van der Waals surface area contributed by atoms with Crippen molar-refractivity contribution in [3.63, 3.8) is 0 Å². The van der Waals surface area contributed by atoms with Gasteiger partial charge in [-0.05, 0) is 51.5 Å². The van der Waals surface area contributed by atoms with Crippen LogP contribution in [-0.4, -0.2) is 35.3 Å². The van der Waals surface area contributed by atoms with E-state index in [0.717, 1.165) is 21.6 Å². The number of carbonyl (C=O) groups excluding carboxylic acids is 3. The molecule has 1 atom stereocenters. The minimum Gasteiger partial charge on any atom is -0.324 e. The molecular formula is C21H23N3O3. The quantitative estimate of drug-likeness (QED) is 0.844. The van der Waals surface area contributed by atoms with E-state index in [1.54, 1.807) is 19.1 Å². The summed E-state index contributed by atoms with van der Waals surface area (Å²) >= 11 is 0. The van der Waals surface area contributed by atoms with Crippen molar-refractivity contribution in [1.82, 2.24) is 4.90 Å². The Balaban J connectivity index is 1.74. The topological polar surface area (TPSA) is 69.7 Å². The van der Waals surface area contributed by atoms with Crippen molar-refractivity contribution in [3.8, 4) is 0 Å². The highest BCUT2D eigenvalue weighted by Crippen LogP contribution is 2.26. The second-order valence-electron chi connectivity index (χ2n) is 6.96. The number of urea groups is 1. The third-order valence-electron chi connectivity index (χ3n) is 4.72. The van der Waals surface area contributed by atoms with E-state index in [0.29, 0.717) is 11.4 Å². The van der Waals surface area contributed by atoms with E-state index in [1.165, 1.54) is 4.90 Å².